The van der Waals surface area contributed by atoms with E-state index in [1.807, 2.05) is 0 Å². The number of hydrogen-bond donors (Lipinski definition) is 1. The minimum atomic E-state index is -4.09. The first-order valence-electron chi connectivity index (χ1n) is 4.98. The molecular weight excluding hydrogens is 193 g/mol. The molecule has 0 amide bonds. The predicted molar refractivity (Wildman–Crippen MR) is 46.8 cm³/mol. The molecule has 0 spiro atoms. The largest absolute Gasteiger partial charge is 0.401 e. The van der Waals surface area contributed by atoms with E-state index in [2.05, 4.69) is 0 Å². The quantitative estimate of drug-likeness (QED) is 0.758. The number of nitrogens with two attached hydrogens (primary N) is 1. The average Bonchev–Trinajstić information content (AvgIpc) is 2.78. The molecule has 0 aromatic carbocycles. The molecule has 5 heteroatoms. The van der Waals surface area contributed by atoms with Crippen molar-refractivity contribution in [3.05, 3.63) is 0 Å². The summed E-state index contributed by atoms with van der Waals surface area (Å²) in [5.74, 6) is 0. The van der Waals surface area contributed by atoms with Crippen molar-refractivity contribution in [3.8, 4) is 0 Å². The minimum Gasteiger partial charge on any atom is -0.324 e. The van der Waals surface area contributed by atoms with Crippen molar-refractivity contribution in [2.75, 3.05) is 13.1 Å². The van der Waals surface area contributed by atoms with Gasteiger partial charge in [-0.05, 0) is 25.7 Å². The van der Waals surface area contributed by atoms with Crippen LogP contribution in [0.3, 0.4) is 0 Å². The third-order valence-corrected chi connectivity index (χ3v) is 2.86. The highest BCUT2D eigenvalue weighted by atomic mass is 19.4. The van der Waals surface area contributed by atoms with Gasteiger partial charge in [0.25, 0.3) is 0 Å². The van der Waals surface area contributed by atoms with Gasteiger partial charge in [0.1, 0.15) is 0 Å². The van der Waals surface area contributed by atoms with Gasteiger partial charge in [0.15, 0.2) is 0 Å². The molecule has 14 heavy (non-hydrogen) atoms. The van der Waals surface area contributed by atoms with Crippen molar-refractivity contribution in [1.29, 1.82) is 0 Å². The molecule has 2 nitrogen and oxygen atoms in total. The van der Waals surface area contributed by atoms with Crippen LogP contribution in [0.2, 0.25) is 0 Å². The smallest absolute Gasteiger partial charge is 0.324 e. The van der Waals surface area contributed by atoms with Crippen molar-refractivity contribution < 1.29 is 13.2 Å². The zero-order chi connectivity index (χ0) is 10.4. The van der Waals surface area contributed by atoms with E-state index in [1.54, 1.807) is 0 Å². The van der Waals surface area contributed by atoms with E-state index < -0.39 is 12.7 Å². The molecule has 0 atom stereocenters. The molecule has 2 aliphatic carbocycles. The van der Waals surface area contributed by atoms with Crippen LogP contribution < -0.4 is 5.73 Å². The molecule has 2 N–H and O–H groups in total. The summed E-state index contributed by atoms with van der Waals surface area (Å²) in [6, 6.07) is 0.137. The van der Waals surface area contributed by atoms with E-state index in [4.69, 9.17) is 5.73 Å². The first-order valence-corrected chi connectivity index (χ1v) is 4.98. The lowest BCUT2D eigenvalue weighted by Gasteiger charge is -2.26. The normalized spacial score (nSPS) is 25.5. The maximum atomic E-state index is 12.2. The third-order valence-electron chi connectivity index (χ3n) is 2.86. The van der Waals surface area contributed by atoms with Crippen LogP contribution in [0, 0.1) is 0 Å². The van der Waals surface area contributed by atoms with Gasteiger partial charge >= 0.3 is 6.18 Å². The van der Waals surface area contributed by atoms with Crippen molar-refractivity contribution in [2.24, 2.45) is 5.73 Å². The third kappa shape index (κ3) is 2.85. The Bertz CT molecular complexity index is 211. The van der Waals surface area contributed by atoms with Gasteiger partial charge in [0, 0.05) is 18.1 Å². The molecule has 0 unspecified atom stereocenters. The lowest BCUT2D eigenvalue weighted by molar-refractivity contribution is -0.147. The van der Waals surface area contributed by atoms with Crippen molar-refractivity contribution in [3.63, 3.8) is 0 Å². The van der Waals surface area contributed by atoms with E-state index in [9.17, 15) is 13.2 Å². The second-order valence-corrected chi connectivity index (χ2v) is 4.61. The van der Waals surface area contributed by atoms with Crippen LogP contribution in [0.15, 0.2) is 0 Å². The second kappa shape index (κ2) is 3.10. The van der Waals surface area contributed by atoms with Gasteiger partial charge in [0.2, 0.25) is 0 Å². The number of alkyl halides is 3. The fourth-order valence-electron chi connectivity index (χ4n) is 1.71. The zero-order valence-corrected chi connectivity index (χ0v) is 7.98. The molecule has 0 saturated heterocycles. The Kier molecular flexibility index (Phi) is 2.27. The van der Waals surface area contributed by atoms with Crippen LogP contribution in [0.1, 0.15) is 25.7 Å². The van der Waals surface area contributed by atoms with Crippen LogP contribution in [-0.4, -0.2) is 35.7 Å². The highest BCUT2D eigenvalue weighted by Crippen LogP contribution is 2.37. The summed E-state index contributed by atoms with van der Waals surface area (Å²) in [6.07, 6.45) is -0.561. The Balaban J connectivity index is 1.87. The average molecular weight is 208 g/mol. The molecule has 0 heterocycles. The predicted octanol–water partition coefficient (Wildman–Crippen LogP) is 1.50. The number of rotatable bonds is 4. The standard InChI is InChI=1S/C9H15F3N2/c10-9(11,12)6-14(7-1-2-7)5-8(13)3-4-8/h7H,1-6,13H2. The molecule has 0 bridgehead atoms. The van der Waals surface area contributed by atoms with Crippen LogP contribution in [0.5, 0.6) is 0 Å². The monoisotopic (exact) mass is 208 g/mol. The van der Waals surface area contributed by atoms with Crippen LogP contribution in [-0.2, 0) is 0 Å². The van der Waals surface area contributed by atoms with E-state index in [1.165, 1.54) is 4.90 Å². The zero-order valence-electron chi connectivity index (χ0n) is 7.98. The molecule has 2 rings (SSSR count). The van der Waals surface area contributed by atoms with Crippen LogP contribution >= 0.6 is 0 Å². The van der Waals surface area contributed by atoms with Gasteiger partial charge < -0.3 is 5.73 Å². The lowest BCUT2D eigenvalue weighted by atomic mass is 10.2. The summed E-state index contributed by atoms with van der Waals surface area (Å²) >= 11 is 0. The fourth-order valence-corrected chi connectivity index (χ4v) is 1.71. The first-order chi connectivity index (χ1) is 6.38. The molecule has 82 valence electrons. The first kappa shape index (κ1) is 10.2. The molecule has 2 fully saturated rings. The number of nitrogens with zero attached hydrogens (tertiary/aromatic N) is 1. The summed E-state index contributed by atoms with van der Waals surface area (Å²) in [4.78, 5) is 1.51. The summed E-state index contributed by atoms with van der Waals surface area (Å²) < 4.78 is 36.6. The molecule has 0 radical (unpaired) electrons. The van der Waals surface area contributed by atoms with Crippen molar-refractivity contribution in [2.45, 2.75) is 43.4 Å². The minimum absolute atomic E-state index is 0.137. The molecule has 2 aliphatic rings. The summed E-state index contributed by atoms with van der Waals surface area (Å²) in [5.41, 5.74) is 5.51. The van der Waals surface area contributed by atoms with Crippen LogP contribution in [0.4, 0.5) is 13.2 Å². The Hall–Kier alpha value is -0.290. The topological polar surface area (TPSA) is 29.3 Å². The highest BCUT2D eigenvalue weighted by molar-refractivity contribution is 5.03. The van der Waals surface area contributed by atoms with Gasteiger partial charge in [0.05, 0.1) is 6.54 Å². The van der Waals surface area contributed by atoms with Crippen molar-refractivity contribution >= 4 is 0 Å². The van der Waals surface area contributed by atoms with Gasteiger partial charge in [-0.2, -0.15) is 13.2 Å². The summed E-state index contributed by atoms with van der Waals surface area (Å²) in [7, 11) is 0. The van der Waals surface area contributed by atoms with E-state index >= 15 is 0 Å². The number of halogens is 3. The van der Waals surface area contributed by atoms with Gasteiger partial charge in [-0.25, -0.2) is 0 Å². The van der Waals surface area contributed by atoms with E-state index in [0.29, 0.717) is 6.54 Å². The van der Waals surface area contributed by atoms with Gasteiger partial charge in [-0.3, -0.25) is 4.90 Å². The molecule has 0 aliphatic heterocycles. The van der Waals surface area contributed by atoms with Crippen LogP contribution in [0.25, 0.3) is 0 Å². The van der Waals surface area contributed by atoms with Gasteiger partial charge in [-0.1, -0.05) is 0 Å². The van der Waals surface area contributed by atoms with E-state index in [-0.39, 0.29) is 11.6 Å². The Morgan fingerprint density at radius 1 is 1.29 bits per heavy atom. The number of hydrogen-bond acceptors (Lipinski definition) is 2. The summed E-state index contributed by atoms with van der Waals surface area (Å²) in [5, 5.41) is 0. The molecule has 0 aromatic rings. The lowest BCUT2D eigenvalue weighted by Crippen LogP contribution is -2.44. The van der Waals surface area contributed by atoms with Crippen molar-refractivity contribution in [1.82, 2.24) is 4.90 Å². The molecule has 2 saturated carbocycles. The van der Waals surface area contributed by atoms with E-state index in [0.717, 1.165) is 25.7 Å². The second-order valence-electron chi connectivity index (χ2n) is 4.61. The maximum absolute atomic E-state index is 12.2. The fraction of sp³-hybridized carbons (Fsp3) is 1.00. The SMILES string of the molecule is NC1(CN(CC(F)(F)F)C2CC2)CC1. The Labute approximate surface area is 81.2 Å². The molecular formula is C9H15F3N2. The van der Waals surface area contributed by atoms with Gasteiger partial charge in [-0.15, -0.1) is 0 Å². The maximum Gasteiger partial charge on any atom is 0.401 e. The summed E-state index contributed by atoms with van der Waals surface area (Å²) in [6.45, 7) is -0.381. The highest BCUT2D eigenvalue weighted by Gasteiger charge is 2.45. The Morgan fingerprint density at radius 2 is 1.86 bits per heavy atom. The molecule has 0 aromatic heterocycles. The Morgan fingerprint density at radius 3 is 2.21 bits per heavy atom.